The van der Waals surface area contributed by atoms with Gasteiger partial charge in [-0.3, -0.25) is 9.59 Å². The molecule has 2 aliphatic carbocycles. The molecular weight excluding hydrogens is 222 g/mol. The van der Waals surface area contributed by atoms with E-state index in [1.807, 2.05) is 0 Å². The molecule has 0 aromatic carbocycles. The molecule has 96 valence electrons. The Labute approximate surface area is 101 Å². The Kier molecular flexibility index (Phi) is 3.66. The van der Waals surface area contributed by atoms with E-state index in [1.54, 1.807) is 7.11 Å². The van der Waals surface area contributed by atoms with E-state index in [2.05, 4.69) is 5.32 Å². The summed E-state index contributed by atoms with van der Waals surface area (Å²) in [6, 6.07) is 0.0521. The highest BCUT2D eigenvalue weighted by molar-refractivity contribution is 5.89. The number of methoxy groups -OCH3 is 1. The molecule has 2 saturated carbocycles. The second kappa shape index (κ2) is 5.04. The van der Waals surface area contributed by atoms with Crippen LogP contribution in [-0.4, -0.2) is 36.2 Å². The van der Waals surface area contributed by atoms with Crippen molar-refractivity contribution in [3.8, 4) is 0 Å². The molecule has 0 bridgehead atoms. The zero-order valence-corrected chi connectivity index (χ0v) is 10.0. The van der Waals surface area contributed by atoms with Gasteiger partial charge >= 0.3 is 5.97 Å². The second-order valence-corrected chi connectivity index (χ2v) is 4.96. The van der Waals surface area contributed by atoms with Crippen molar-refractivity contribution in [1.82, 2.24) is 5.32 Å². The number of carboxylic acid groups (broad SMARTS) is 1. The fraction of sp³-hybridized carbons (Fsp3) is 0.833. The van der Waals surface area contributed by atoms with Crippen molar-refractivity contribution in [3.05, 3.63) is 0 Å². The monoisotopic (exact) mass is 241 g/mol. The molecule has 5 heteroatoms. The summed E-state index contributed by atoms with van der Waals surface area (Å²) in [5.74, 6) is -1.78. The lowest BCUT2D eigenvalue weighted by Gasteiger charge is -2.31. The van der Waals surface area contributed by atoms with Gasteiger partial charge in [0.1, 0.15) is 0 Å². The van der Waals surface area contributed by atoms with Gasteiger partial charge in [0.25, 0.3) is 0 Å². The smallest absolute Gasteiger partial charge is 0.307 e. The standard InChI is InChI=1S/C12H19NO4/c1-17-10-5-3-2-4-9(10)13-11(14)7-6-8(7)12(15)16/h7-10H,2-6H2,1H3,(H,13,14)(H,15,16)/t7?,8?,9-,10-/m0/s1. The molecule has 0 spiro atoms. The third-order valence-corrected chi connectivity index (χ3v) is 3.78. The fourth-order valence-electron chi connectivity index (χ4n) is 2.59. The molecule has 0 radical (unpaired) electrons. The number of ether oxygens (including phenoxy) is 1. The van der Waals surface area contributed by atoms with Gasteiger partial charge in [0, 0.05) is 7.11 Å². The minimum Gasteiger partial charge on any atom is -0.481 e. The lowest BCUT2D eigenvalue weighted by Crippen LogP contribution is -2.46. The van der Waals surface area contributed by atoms with Crippen LogP contribution in [0.25, 0.3) is 0 Å². The van der Waals surface area contributed by atoms with Gasteiger partial charge in [0.15, 0.2) is 0 Å². The van der Waals surface area contributed by atoms with Crippen molar-refractivity contribution in [1.29, 1.82) is 0 Å². The van der Waals surface area contributed by atoms with Crippen LogP contribution in [0.2, 0.25) is 0 Å². The SMILES string of the molecule is CO[C@H]1CCCC[C@@H]1NC(=O)C1CC1C(=O)O. The number of nitrogens with one attached hydrogen (secondary N) is 1. The number of carbonyl (C=O) groups excluding carboxylic acids is 1. The molecule has 4 atom stereocenters. The van der Waals surface area contributed by atoms with Crippen LogP contribution in [0.3, 0.4) is 0 Å². The molecule has 2 fully saturated rings. The molecule has 0 saturated heterocycles. The highest BCUT2D eigenvalue weighted by Gasteiger charge is 2.49. The largest absolute Gasteiger partial charge is 0.481 e. The van der Waals surface area contributed by atoms with Gasteiger partial charge in [0.2, 0.25) is 5.91 Å². The number of hydrogen-bond donors (Lipinski definition) is 2. The maximum atomic E-state index is 11.8. The Balaban J connectivity index is 1.84. The summed E-state index contributed by atoms with van der Waals surface area (Å²) in [5, 5.41) is 11.7. The first-order valence-corrected chi connectivity index (χ1v) is 6.19. The maximum absolute atomic E-state index is 11.8. The van der Waals surface area contributed by atoms with Crippen molar-refractivity contribution in [2.75, 3.05) is 7.11 Å². The van der Waals surface area contributed by atoms with E-state index in [-0.39, 0.29) is 24.0 Å². The second-order valence-electron chi connectivity index (χ2n) is 4.96. The highest BCUT2D eigenvalue weighted by atomic mass is 16.5. The Morgan fingerprint density at radius 3 is 2.53 bits per heavy atom. The van der Waals surface area contributed by atoms with Crippen molar-refractivity contribution in [2.45, 2.75) is 44.2 Å². The minimum atomic E-state index is -0.864. The summed E-state index contributed by atoms with van der Waals surface area (Å²) in [4.78, 5) is 22.5. The first kappa shape index (κ1) is 12.4. The van der Waals surface area contributed by atoms with Crippen LogP contribution < -0.4 is 5.32 Å². The molecule has 2 aliphatic rings. The molecule has 17 heavy (non-hydrogen) atoms. The number of carbonyl (C=O) groups is 2. The van der Waals surface area contributed by atoms with Crippen molar-refractivity contribution >= 4 is 11.9 Å². The summed E-state index contributed by atoms with van der Waals surface area (Å²) in [5.41, 5.74) is 0. The quantitative estimate of drug-likeness (QED) is 0.762. The van der Waals surface area contributed by atoms with Gasteiger partial charge in [-0.15, -0.1) is 0 Å². The number of carboxylic acids is 1. The summed E-state index contributed by atoms with van der Waals surface area (Å²) in [7, 11) is 1.66. The zero-order valence-electron chi connectivity index (χ0n) is 10.0. The van der Waals surface area contributed by atoms with E-state index >= 15 is 0 Å². The molecule has 5 nitrogen and oxygen atoms in total. The summed E-state index contributed by atoms with van der Waals surface area (Å²) < 4.78 is 5.35. The number of amides is 1. The molecular formula is C12H19NO4. The van der Waals surface area contributed by atoms with Crippen LogP contribution in [-0.2, 0) is 14.3 Å². The lowest BCUT2D eigenvalue weighted by molar-refractivity contribution is -0.140. The molecule has 0 heterocycles. The van der Waals surface area contributed by atoms with Gasteiger partial charge in [-0.2, -0.15) is 0 Å². The number of hydrogen-bond acceptors (Lipinski definition) is 3. The Bertz CT molecular complexity index is 318. The lowest BCUT2D eigenvalue weighted by atomic mass is 9.92. The Morgan fingerprint density at radius 1 is 1.24 bits per heavy atom. The molecule has 2 rings (SSSR count). The van der Waals surface area contributed by atoms with Gasteiger partial charge in [-0.25, -0.2) is 0 Å². The number of rotatable bonds is 4. The number of aliphatic carboxylic acids is 1. The average molecular weight is 241 g/mol. The topological polar surface area (TPSA) is 75.6 Å². The van der Waals surface area contributed by atoms with Crippen LogP contribution in [0.4, 0.5) is 0 Å². The van der Waals surface area contributed by atoms with Gasteiger partial charge < -0.3 is 15.2 Å². The van der Waals surface area contributed by atoms with Crippen molar-refractivity contribution in [3.63, 3.8) is 0 Å². The third kappa shape index (κ3) is 2.77. The summed E-state index contributed by atoms with van der Waals surface area (Å²) >= 11 is 0. The maximum Gasteiger partial charge on any atom is 0.307 e. The first-order chi connectivity index (χ1) is 8.13. The first-order valence-electron chi connectivity index (χ1n) is 6.19. The van der Waals surface area contributed by atoms with Gasteiger partial charge in [-0.05, 0) is 19.3 Å². The van der Waals surface area contributed by atoms with E-state index in [0.29, 0.717) is 6.42 Å². The molecule has 1 amide bonds. The molecule has 0 aromatic rings. The zero-order chi connectivity index (χ0) is 12.4. The predicted molar refractivity (Wildman–Crippen MR) is 60.4 cm³/mol. The summed E-state index contributed by atoms with van der Waals surface area (Å²) in [6.07, 6.45) is 4.67. The van der Waals surface area contributed by atoms with E-state index in [1.165, 1.54) is 0 Å². The Morgan fingerprint density at radius 2 is 1.94 bits per heavy atom. The molecule has 0 aliphatic heterocycles. The van der Waals surface area contributed by atoms with E-state index in [0.717, 1.165) is 25.7 Å². The summed E-state index contributed by atoms with van der Waals surface area (Å²) in [6.45, 7) is 0. The van der Waals surface area contributed by atoms with Gasteiger partial charge in [0.05, 0.1) is 24.0 Å². The molecule has 0 aromatic heterocycles. The van der Waals surface area contributed by atoms with Crippen LogP contribution in [0.5, 0.6) is 0 Å². The minimum absolute atomic E-state index is 0.0521. The van der Waals surface area contributed by atoms with Crippen LogP contribution >= 0.6 is 0 Å². The van der Waals surface area contributed by atoms with Gasteiger partial charge in [-0.1, -0.05) is 12.8 Å². The highest BCUT2D eigenvalue weighted by Crippen LogP contribution is 2.39. The molecule has 2 unspecified atom stereocenters. The fourth-order valence-corrected chi connectivity index (χ4v) is 2.59. The van der Waals surface area contributed by atoms with Crippen LogP contribution in [0.1, 0.15) is 32.1 Å². The molecule has 2 N–H and O–H groups in total. The third-order valence-electron chi connectivity index (χ3n) is 3.78. The Hall–Kier alpha value is -1.10. The van der Waals surface area contributed by atoms with E-state index < -0.39 is 11.9 Å². The normalized spacial score (nSPS) is 36.3. The average Bonchev–Trinajstić information content (AvgIpc) is 3.09. The van der Waals surface area contributed by atoms with Crippen molar-refractivity contribution in [2.24, 2.45) is 11.8 Å². The van der Waals surface area contributed by atoms with E-state index in [4.69, 9.17) is 9.84 Å². The van der Waals surface area contributed by atoms with Crippen LogP contribution in [0.15, 0.2) is 0 Å². The van der Waals surface area contributed by atoms with E-state index in [9.17, 15) is 9.59 Å². The van der Waals surface area contributed by atoms with Crippen LogP contribution in [0, 0.1) is 11.8 Å². The predicted octanol–water partition coefficient (Wildman–Crippen LogP) is 0.781. The van der Waals surface area contributed by atoms with Crippen molar-refractivity contribution < 1.29 is 19.4 Å².